The van der Waals surface area contributed by atoms with E-state index >= 15 is 0 Å². The van der Waals surface area contributed by atoms with Crippen molar-refractivity contribution in [3.05, 3.63) is 24.3 Å². The van der Waals surface area contributed by atoms with Crippen LogP contribution in [0.3, 0.4) is 0 Å². The fourth-order valence-electron chi connectivity index (χ4n) is 6.57. The number of ether oxygens (including phenoxy) is 3. The molecule has 3 atom stereocenters. The highest BCUT2D eigenvalue weighted by Crippen LogP contribution is 2.42. The molecule has 258 valence electrons. The first-order chi connectivity index (χ1) is 21.9. The quantitative estimate of drug-likeness (QED) is 0.0432. The van der Waals surface area contributed by atoms with Crippen molar-refractivity contribution in [3.63, 3.8) is 0 Å². The Kier molecular flexibility index (Phi) is 21.7. The molecule has 0 aromatic carbocycles. The molecule has 2 rings (SSSR count). The number of carbonyl (C=O) groups excluding carboxylic acids is 3. The van der Waals surface area contributed by atoms with Gasteiger partial charge in [0, 0.05) is 12.8 Å². The van der Waals surface area contributed by atoms with E-state index in [9.17, 15) is 14.4 Å². The van der Waals surface area contributed by atoms with E-state index in [1.165, 1.54) is 64.2 Å². The predicted molar refractivity (Wildman–Crippen MR) is 182 cm³/mol. The van der Waals surface area contributed by atoms with Gasteiger partial charge in [0.2, 0.25) is 0 Å². The van der Waals surface area contributed by atoms with Crippen LogP contribution in [-0.2, 0) is 28.6 Å². The van der Waals surface area contributed by atoms with Crippen LogP contribution in [0.5, 0.6) is 0 Å². The van der Waals surface area contributed by atoms with Crippen molar-refractivity contribution in [3.8, 4) is 0 Å². The summed E-state index contributed by atoms with van der Waals surface area (Å²) in [7, 11) is 3.94. The van der Waals surface area contributed by atoms with Gasteiger partial charge in [0.05, 0.1) is 11.8 Å². The average molecular weight is 632 g/mol. The van der Waals surface area contributed by atoms with Crippen LogP contribution < -0.4 is 0 Å². The number of hydrogen-bond donors (Lipinski definition) is 0. The summed E-state index contributed by atoms with van der Waals surface area (Å²) in [5.41, 5.74) is 0. The van der Waals surface area contributed by atoms with Gasteiger partial charge < -0.3 is 19.1 Å². The fourth-order valence-corrected chi connectivity index (χ4v) is 6.57. The molecule has 0 aromatic heterocycles. The smallest absolute Gasteiger partial charge is 0.308 e. The molecule has 2 saturated carbocycles. The highest BCUT2D eigenvalue weighted by atomic mass is 16.6. The van der Waals surface area contributed by atoms with E-state index in [0.717, 1.165) is 57.9 Å². The minimum Gasteiger partial charge on any atom is -0.465 e. The Morgan fingerprint density at radius 2 is 1.24 bits per heavy atom. The van der Waals surface area contributed by atoms with Crippen LogP contribution in [0.4, 0.5) is 0 Å². The zero-order valence-electron chi connectivity index (χ0n) is 29.0. The molecule has 0 spiro atoms. The van der Waals surface area contributed by atoms with Crippen LogP contribution in [0.1, 0.15) is 135 Å². The van der Waals surface area contributed by atoms with Crippen molar-refractivity contribution in [1.29, 1.82) is 0 Å². The van der Waals surface area contributed by atoms with E-state index in [1.54, 1.807) is 0 Å². The van der Waals surface area contributed by atoms with Crippen molar-refractivity contribution >= 4 is 17.9 Å². The molecule has 3 unspecified atom stereocenters. The molecule has 0 heterocycles. The van der Waals surface area contributed by atoms with Gasteiger partial charge in [-0.25, -0.2) is 0 Å². The van der Waals surface area contributed by atoms with Gasteiger partial charge in [-0.15, -0.1) is 0 Å². The van der Waals surface area contributed by atoms with Crippen LogP contribution in [0.15, 0.2) is 24.3 Å². The Balaban J connectivity index is 1.62. The fraction of sp³-hybridized carbons (Fsp3) is 0.816. The largest absolute Gasteiger partial charge is 0.465 e. The van der Waals surface area contributed by atoms with Crippen LogP contribution in [0, 0.1) is 23.7 Å². The van der Waals surface area contributed by atoms with E-state index in [0.29, 0.717) is 24.7 Å². The van der Waals surface area contributed by atoms with Crippen LogP contribution in [-0.4, -0.2) is 63.3 Å². The molecule has 0 amide bonds. The number of fused-ring (bicyclic) bond motifs is 2. The Bertz CT molecular complexity index is 856. The Hall–Kier alpha value is -2.15. The first-order valence-corrected chi connectivity index (χ1v) is 18.3. The first kappa shape index (κ1) is 39.0. The summed E-state index contributed by atoms with van der Waals surface area (Å²) in [6, 6.07) is 0. The third-order valence-electron chi connectivity index (χ3n) is 9.20. The second-order valence-corrected chi connectivity index (χ2v) is 13.8. The molecule has 2 aliphatic carbocycles. The number of nitrogens with zero attached hydrogens (tertiary/aromatic N) is 1. The van der Waals surface area contributed by atoms with E-state index in [4.69, 9.17) is 14.2 Å². The summed E-state index contributed by atoms with van der Waals surface area (Å²) in [4.78, 5) is 39.7. The van der Waals surface area contributed by atoms with Gasteiger partial charge in [-0.1, -0.05) is 82.6 Å². The zero-order valence-corrected chi connectivity index (χ0v) is 29.0. The average Bonchev–Trinajstić information content (AvgIpc) is 3.02. The topological polar surface area (TPSA) is 82.1 Å². The molecular formula is C38H65NO6. The molecule has 7 heteroatoms. The van der Waals surface area contributed by atoms with Gasteiger partial charge in [0.1, 0.15) is 19.8 Å². The lowest BCUT2D eigenvalue weighted by atomic mass is 9.68. The maximum absolute atomic E-state index is 12.9. The first-order valence-electron chi connectivity index (χ1n) is 18.3. The van der Waals surface area contributed by atoms with Gasteiger partial charge in [0.25, 0.3) is 0 Å². The van der Waals surface area contributed by atoms with Gasteiger partial charge in [-0.05, 0) is 96.7 Å². The van der Waals surface area contributed by atoms with Gasteiger partial charge >= 0.3 is 17.9 Å². The van der Waals surface area contributed by atoms with Gasteiger partial charge in [0.15, 0.2) is 0 Å². The highest BCUT2D eigenvalue weighted by Gasteiger charge is 2.36. The number of esters is 3. The molecule has 2 fully saturated rings. The lowest BCUT2D eigenvalue weighted by molar-refractivity contribution is -0.157. The summed E-state index contributed by atoms with van der Waals surface area (Å²) in [5, 5.41) is 0. The van der Waals surface area contributed by atoms with Crippen molar-refractivity contribution in [2.24, 2.45) is 23.7 Å². The van der Waals surface area contributed by atoms with Crippen LogP contribution in [0.2, 0.25) is 0 Å². The monoisotopic (exact) mass is 631 g/mol. The Labute approximate surface area is 274 Å². The standard InChI is InChI=1S/C38H65NO6/c1-4-5-6-7-8-9-10-11-12-13-14-15-16-17-18-23-36(40)43-29-34(30-44-37(41)24-20-25-39(2)3)31-45-38(42)35-27-32-21-19-22-33(26-32)28-35/h8-9,11-12,32-35H,4-7,10,13-31H2,1-3H3/b9-8-,12-11-. The number of carbonyl (C=O) groups is 3. The van der Waals surface area contributed by atoms with E-state index < -0.39 is 0 Å². The number of rotatable bonds is 25. The van der Waals surface area contributed by atoms with Crippen molar-refractivity contribution in [2.45, 2.75) is 135 Å². The summed E-state index contributed by atoms with van der Waals surface area (Å²) in [5.74, 6) is 0.227. The predicted octanol–water partition coefficient (Wildman–Crippen LogP) is 8.60. The van der Waals surface area contributed by atoms with E-state index in [1.807, 2.05) is 19.0 Å². The van der Waals surface area contributed by atoms with Gasteiger partial charge in [-0.3, -0.25) is 14.4 Å². The summed E-state index contributed by atoms with van der Waals surface area (Å²) >= 11 is 0. The van der Waals surface area contributed by atoms with Crippen LogP contribution in [0.25, 0.3) is 0 Å². The van der Waals surface area contributed by atoms with Crippen LogP contribution >= 0.6 is 0 Å². The van der Waals surface area contributed by atoms with Crippen molar-refractivity contribution < 1.29 is 28.6 Å². The maximum Gasteiger partial charge on any atom is 0.308 e. The van der Waals surface area contributed by atoms with Crippen molar-refractivity contribution in [2.75, 3.05) is 40.5 Å². The Morgan fingerprint density at radius 1 is 0.689 bits per heavy atom. The molecule has 0 aliphatic heterocycles. The molecule has 7 nitrogen and oxygen atoms in total. The molecular weight excluding hydrogens is 566 g/mol. The third-order valence-corrected chi connectivity index (χ3v) is 9.20. The maximum atomic E-state index is 12.9. The number of hydrogen-bond acceptors (Lipinski definition) is 7. The van der Waals surface area contributed by atoms with Gasteiger partial charge in [-0.2, -0.15) is 0 Å². The SMILES string of the molecule is CCCCC/C=C\C/C=C\CCCCCCCC(=O)OCC(COC(=O)CCCN(C)C)COC(=O)C1CC2CCCC(C2)C1. The molecule has 2 bridgehead atoms. The lowest BCUT2D eigenvalue weighted by Gasteiger charge is -2.38. The molecule has 0 radical (unpaired) electrons. The molecule has 45 heavy (non-hydrogen) atoms. The second-order valence-electron chi connectivity index (χ2n) is 13.8. The summed E-state index contributed by atoms with van der Waals surface area (Å²) in [6.45, 7) is 3.32. The minimum atomic E-state index is -0.358. The second kappa shape index (κ2) is 25.0. The molecule has 0 aromatic rings. The third kappa shape index (κ3) is 19.9. The molecule has 0 N–H and O–H groups in total. The molecule has 2 aliphatic rings. The van der Waals surface area contributed by atoms with Crippen molar-refractivity contribution in [1.82, 2.24) is 4.90 Å². The highest BCUT2D eigenvalue weighted by molar-refractivity contribution is 5.72. The minimum absolute atomic E-state index is 0.0379. The molecule has 0 saturated heterocycles. The zero-order chi connectivity index (χ0) is 32.5. The summed E-state index contributed by atoms with van der Waals surface area (Å²) in [6.07, 6.45) is 29.8. The number of allylic oxidation sites excluding steroid dienone is 4. The van der Waals surface area contributed by atoms with E-state index in [-0.39, 0.29) is 49.6 Å². The summed E-state index contributed by atoms with van der Waals surface area (Å²) < 4.78 is 16.8. The van der Waals surface area contributed by atoms with E-state index in [2.05, 4.69) is 31.2 Å². The number of unbranched alkanes of at least 4 members (excludes halogenated alkanes) is 8. The normalized spacial score (nSPS) is 20.5. The lowest BCUT2D eigenvalue weighted by Crippen LogP contribution is -2.33. The Morgan fingerprint density at radius 3 is 1.87 bits per heavy atom.